The van der Waals surface area contributed by atoms with E-state index in [-0.39, 0.29) is 23.9 Å². The lowest BCUT2D eigenvalue weighted by molar-refractivity contribution is -0.142. The predicted octanol–water partition coefficient (Wildman–Crippen LogP) is 6.02. The van der Waals surface area contributed by atoms with Gasteiger partial charge in [0, 0.05) is 23.0 Å². The number of aromatic nitrogens is 2. The van der Waals surface area contributed by atoms with Crippen molar-refractivity contribution >= 4 is 17.5 Å². The lowest BCUT2D eigenvalue weighted by Gasteiger charge is -2.33. The molecule has 230 valence electrons. The summed E-state index contributed by atoms with van der Waals surface area (Å²) in [5.74, 6) is 0.250. The summed E-state index contributed by atoms with van der Waals surface area (Å²) >= 11 is 0. The van der Waals surface area contributed by atoms with Crippen LogP contribution >= 0.6 is 0 Å². The molecule has 1 atom stereocenters. The summed E-state index contributed by atoms with van der Waals surface area (Å²) in [6, 6.07) is 12.5. The molecule has 43 heavy (non-hydrogen) atoms. The first-order chi connectivity index (χ1) is 20.7. The van der Waals surface area contributed by atoms with Crippen LogP contribution in [-0.4, -0.2) is 41.4 Å². The topological polar surface area (TPSA) is 85.7 Å². The summed E-state index contributed by atoms with van der Waals surface area (Å²) < 4.78 is 53.8. The fourth-order valence-corrected chi connectivity index (χ4v) is 6.09. The van der Waals surface area contributed by atoms with Crippen molar-refractivity contribution in [2.45, 2.75) is 83.1 Å². The summed E-state index contributed by atoms with van der Waals surface area (Å²) in [5, 5.41) is 7.03. The Labute approximate surface area is 249 Å². The summed E-state index contributed by atoms with van der Waals surface area (Å²) in [4.78, 5) is 29.7. The number of amides is 2. The standard InChI is InChI=1S/C32H37F3N4O4/c1-3-43-25-18-14-23(15-19-25)39(28(40)20-38-27-11-7-6-10-26(27)30(37-38)32(33,34)35)29(21-12-16-24(42-2)17-13-21)31(41)36-22-8-4-5-9-22/h12-19,22,29H,3-11,20H2,1-2H3,(H,36,41)/t29-/m0/s1. The van der Waals surface area contributed by atoms with Gasteiger partial charge in [-0.1, -0.05) is 25.0 Å². The maximum Gasteiger partial charge on any atom is 0.435 e. The van der Waals surface area contributed by atoms with Gasteiger partial charge in [-0.25, -0.2) is 0 Å². The van der Waals surface area contributed by atoms with Crippen LogP contribution in [0.5, 0.6) is 11.5 Å². The zero-order valence-corrected chi connectivity index (χ0v) is 24.5. The van der Waals surface area contributed by atoms with Crippen molar-refractivity contribution in [1.82, 2.24) is 15.1 Å². The first kappa shape index (κ1) is 30.4. The van der Waals surface area contributed by atoms with Gasteiger partial charge in [-0.3, -0.25) is 19.2 Å². The Balaban J connectivity index is 1.58. The van der Waals surface area contributed by atoms with Gasteiger partial charge in [0.1, 0.15) is 24.1 Å². The lowest BCUT2D eigenvalue weighted by Crippen LogP contribution is -2.47. The first-order valence-electron chi connectivity index (χ1n) is 14.8. The Morgan fingerprint density at radius 2 is 1.65 bits per heavy atom. The quantitative estimate of drug-likeness (QED) is 0.309. The number of ether oxygens (including phenoxy) is 2. The number of carbonyl (C=O) groups excluding carboxylic acids is 2. The number of nitrogens with one attached hydrogen (secondary N) is 1. The minimum Gasteiger partial charge on any atom is -0.497 e. The van der Waals surface area contributed by atoms with Crippen molar-refractivity contribution in [1.29, 1.82) is 0 Å². The number of alkyl halides is 3. The van der Waals surface area contributed by atoms with Gasteiger partial charge in [-0.2, -0.15) is 18.3 Å². The van der Waals surface area contributed by atoms with Crippen LogP contribution in [0, 0.1) is 0 Å². The smallest absolute Gasteiger partial charge is 0.435 e. The SMILES string of the molecule is CCOc1ccc(N(C(=O)Cn2nc(C(F)(F)F)c3c2CCCC3)[C@H](C(=O)NC2CCCC2)c2ccc(OC)cc2)cc1. The van der Waals surface area contributed by atoms with E-state index in [4.69, 9.17) is 9.47 Å². The van der Waals surface area contributed by atoms with Crippen molar-refractivity contribution in [2.24, 2.45) is 0 Å². The number of methoxy groups -OCH3 is 1. The van der Waals surface area contributed by atoms with Gasteiger partial charge in [0.15, 0.2) is 5.69 Å². The number of halogens is 3. The molecule has 0 radical (unpaired) electrons. The highest BCUT2D eigenvalue weighted by molar-refractivity contribution is 6.01. The minimum absolute atomic E-state index is 0.0157. The first-order valence-corrected chi connectivity index (χ1v) is 14.8. The maximum absolute atomic E-state index is 14.3. The second-order valence-corrected chi connectivity index (χ2v) is 11.0. The highest BCUT2D eigenvalue weighted by atomic mass is 19.4. The maximum atomic E-state index is 14.3. The second-order valence-electron chi connectivity index (χ2n) is 11.0. The Morgan fingerprint density at radius 3 is 2.28 bits per heavy atom. The Kier molecular flexibility index (Phi) is 9.27. The molecule has 0 unspecified atom stereocenters. The van der Waals surface area contributed by atoms with E-state index in [0.717, 1.165) is 25.7 Å². The van der Waals surface area contributed by atoms with Gasteiger partial charge in [0.05, 0.1) is 13.7 Å². The molecule has 2 aliphatic carbocycles. The van der Waals surface area contributed by atoms with Gasteiger partial charge in [0.2, 0.25) is 11.8 Å². The average Bonchev–Trinajstić information content (AvgIpc) is 3.64. The van der Waals surface area contributed by atoms with Crippen LogP contribution in [0.2, 0.25) is 0 Å². The van der Waals surface area contributed by atoms with Crippen molar-refractivity contribution < 1.29 is 32.2 Å². The number of fused-ring (bicyclic) bond motifs is 1. The van der Waals surface area contributed by atoms with Crippen molar-refractivity contribution in [3.8, 4) is 11.5 Å². The monoisotopic (exact) mass is 598 g/mol. The number of anilines is 1. The number of hydrogen-bond acceptors (Lipinski definition) is 5. The zero-order valence-electron chi connectivity index (χ0n) is 24.5. The molecular weight excluding hydrogens is 561 g/mol. The van der Waals surface area contributed by atoms with E-state index >= 15 is 0 Å². The molecule has 0 bridgehead atoms. The Morgan fingerprint density at radius 1 is 1.00 bits per heavy atom. The van der Waals surface area contributed by atoms with Crippen molar-refractivity contribution in [3.63, 3.8) is 0 Å². The molecule has 0 saturated heterocycles. The minimum atomic E-state index is -4.63. The average molecular weight is 599 g/mol. The number of carbonyl (C=O) groups is 2. The van der Waals surface area contributed by atoms with Crippen LogP contribution in [0.3, 0.4) is 0 Å². The number of hydrogen-bond donors (Lipinski definition) is 1. The van der Waals surface area contributed by atoms with Crippen molar-refractivity contribution in [3.05, 3.63) is 71.0 Å². The predicted molar refractivity (Wildman–Crippen MR) is 155 cm³/mol. The molecule has 2 aliphatic rings. The van der Waals surface area contributed by atoms with Gasteiger partial charge < -0.3 is 14.8 Å². The van der Waals surface area contributed by atoms with Crippen molar-refractivity contribution in [2.75, 3.05) is 18.6 Å². The van der Waals surface area contributed by atoms with E-state index in [1.807, 2.05) is 6.92 Å². The van der Waals surface area contributed by atoms with Crippen LogP contribution in [0.1, 0.15) is 74.0 Å². The fraction of sp³-hybridized carbons (Fsp3) is 0.469. The van der Waals surface area contributed by atoms with Crippen LogP contribution in [0.25, 0.3) is 0 Å². The summed E-state index contributed by atoms with van der Waals surface area (Å²) in [7, 11) is 1.54. The third-order valence-electron chi connectivity index (χ3n) is 8.14. The van der Waals surface area contributed by atoms with Crippen LogP contribution in [0.4, 0.5) is 18.9 Å². The third-order valence-corrected chi connectivity index (χ3v) is 8.14. The molecule has 2 aromatic carbocycles. The second kappa shape index (κ2) is 13.1. The molecule has 3 aromatic rings. The normalized spacial score (nSPS) is 15.9. The molecule has 1 saturated carbocycles. The number of rotatable bonds is 10. The van der Waals surface area contributed by atoms with Crippen LogP contribution < -0.4 is 19.7 Å². The van der Waals surface area contributed by atoms with Gasteiger partial charge in [0.25, 0.3) is 0 Å². The van der Waals surface area contributed by atoms with Crippen LogP contribution in [0.15, 0.2) is 48.5 Å². The molecule has 1 fully saturated rings. The highest BCUT2D eigenvalue weighted by Crippen LogP contribution is 2.37. The van der Waals surface area contributed by atoms with E-state index in [0.29, 0.717) is 54.3 Å². The van der Waals surface area contributed by atoms with Gasteiger partial charge >= 0.3 is 6.18 Å². The highest BCUT2D eigenvalue weighted by Gasteiger charge is 2.41. The number of nitrogens with zero attached hydrogens (tertiary/aromatic N) is 3. The van der Waals surface area contributed by atoms with E-state index < -0.39 is 30.4 Å². The number of benzene rings is 2. The molecule has 1 heterocycles. The van der Waals surface area contributed by atoms with E-state index in [1.165, 1.54) is 16.7 Å². The van der Waals surface area contributed by atoms with E-state index in [9.17, 15) is 22.8 Å². The molecule has 0 spiro atoms. The van der Waals surface area contributed by atoms with E-state index in [2.05, 4.69) is 10.4 Å². The molecule has 5 rings (SSSR count). The molecule has 1 aromatic heterocycles. The molecule has 11 heteroatoms. The lowest BCUT2D eigenvalue weighted by atomic mass is 9.95. The Bertz CT molecular complexity index is 1410. The van der Waals surface area contributed by atoms with E-state index in [1.54, 1.807) is 48.5 Å². The molecule has 0 aliphatic heterocycles. The van der Waals surface area contributed by atoms with Gasteiger partial charge in [-0.15, -0.1) is 0 Å². The Hall–Kier alpha value is -4.02. The molecule has 2 amide bonds. The summed E-state index contributed by atoms with van der Waals surface area (Å²) in [5.41, 5.74) is 0.595. The molecule has 1 N–H and O–H groups in total. The van der Waals surface area contributed by atoms with Crippen LogP contribution in [-0.2, 0) is 35.2 Å². The zero-order chi connectivity index (χ0) is 30.6. The molecule has 8 nitrogen and oxygen atoms in total. The summed E-state index contributed by atoms with van der Waals surface area (Å²) in [6.45, 7) is 1.86. The third kappa shape index (κ3) is 6.81. The van der Waals surface area contributed by atoms with Gasteiger partial charge in [-0.05, 0) is 87.4 Å². The summed E-state index contributed by atoms with van der Waals surface area (Å²) in [6.07, 6.45) is 1.09. The fourth-order valence-electron chi connectivity index (χ4n) is 6.09. The molecular formula is C32H37F3N4O4. The largest absolute Gasteiger partial charge is 0.497 e.